The number of carbonyl (C=O) groups is 1. The highest BCUT2D eigenvalue weighted by atomic mass is 16.5. The molecule has 1 N–H and O–H groups in total. The number of hydrogen-bond donors (Lipinski definition) is 1. The van der Waals surface area contributed by atoms with Crippen molar-refractivity contribution >= 4 is 29.1 Å². The molecule has 3 rings (SSSR count). The molecule has 0 amide bonds. The van der Waals surface area contributed by atoms with E-state index in [9.17, 15) is 4.79 Å². The third kappa shape index (κ3) is 3.97. The minimum atomic E-state index is -0.385. The van der Waals surface area contributed by atoms with E-state index in [4.69, 9.17) is 4.74 Å². The molecular weight excluding hydrogens is 328 g/mol. The zero-order valence-corrected chi connectivity index (χ0v) is 14.7. The first-order chi connectivity index (χ1) is 12.7. The Balaban J connectivity index is 1.85. The molecule has 0 unspecified atom stereocenters. The van der Waals surface area contributed by atoms with Gasteiger partial charge in [-0.3, -0.25) is 0 Å². The van der Waals surface area contributed by atoms with E-state index in [0.29, 0.717) is 17.2 Å². The molecule has 1 heterocycles. The number of nitrogens with one attached hydrogen (secondary N) is 1. The number of nitrogens with zero attached hydrogens (tertiary/aromatic N) is 3. The van der Waals surface area contributed by atoms with Crippen molar-refractivity contribution in [1.82, 2.24) is 9.97 Å². The quantitative estimate of drug-likeness (QED) is 0.675. The number of ether oxygens (including phenoxy) is 1. The molecule has 0 saturated heterocycles. The lowest BCUT2D eigenvalue weighted by Crippen LogP contribution is -2.17. The van der Waals surface area contributed by atoms with Crippen LogP contribution in [0.25, 0.3) is 0 Å². The summed E-state index contributed by atoms with van der Waals surface area (Å²) in [5.74, 6) is 0.865. The SMILES string of the molecule is CCN(c1ccccc1)c1ccnc(Nc2cccc(C(=O)OC)c2)n1. The first-order valence-electron chi connectivity index (χ1n) is 8.32. The zero-order valence-electron chi connectivity index (χ0n) is 14.7. The highest BCUT2D eigenvalue weighted by Gasteiger charge is 2.10. The van der Waals surface area contributed by atoms with Crippen LogP contribution in [0, 0.1) is 0 Å². The number of esters is 1. The van der Waals surface area contributed by atoms with E-state index in [1.165, 1.54) is 7.11 Å². The smallest absolute Gasteiger partial charge is 0.337 e. The molecular formula is C20H20N4O2. The maximum absolute atomic E-state index is 11.7. The lowest BCUT2D eigenvalue weighted by molar-refractivity contribution is 0.0601. The Hall–Kier alpha value is -3.41. The standard InChI is InChI=1S/C20H20N4O2/c1-3-24(17-10-5-4-6-11-17)18-12-13-21-20(23-18)22-16-9-7-8-15(14-16)19(25)26-2/h4-14H,3H2,1-2H3,(H,21,22,23). The molecule has 3 aromatic rings. The molecule has 0 radical (unpaired) electrons. The first-order valence-corrected chi connectivity index (χ1v) is 8.32. The van der Waals surface area contributed by atoms with E-state index in [-0.39, 0.29) is 5.97 Å². The van der Waals surface area contributed by atoms with Crippen LogP contribution in [-0.4, -0.2) is 29.6 Å². The minimum absolute atomic E-state index is 0.385. The molecule has 0 aliphatic carbocycles. The van der Waals surface area contributed by atoms with Crippen molar-refractivity contribution in [3.8, 4) is 0 Å². The summed E-state index contributed by atoms with van der Waals surface area (Å²) in [6.07, 6.45) is 1.71. The number of rotatable bonds is 6. The average molecular weight is 348 g/mol. The van der Waals surface area contributed by atoms with E-state index >= 15 is 0 Å². The normalized spacial score (nSPS) is 10.2. The summed E-state index contributed by atoms with van der Waals surface area (Å²) >= 11 is 0. The van der Waals surface area contributed by atoms with Crippen LogP contribution in [0.2, 0.25) is 0 Å². The van der Waals surface area contributed by atoms with E-state index in [0.717, 1.165) is 18.1 Å². The molecule has 2 aromatic carbocycles. The summed E-state index contributed by atoms with van der Waals surface area (Å²) in [7, 11) is 1.36. The maximum Gasteiger partial charge on any atom is 0.337 e. The van der Waals surface area contributed by atoms with Crippen molar-refractivity contribution in [2.75, 3.05) is 23.9 Å². The van der Waals surface area contributed by atoms with Gasteiger partial charge in [-0.15, -0.1) is 0 Å². The van der Waals surface area contributed by atoms with Gasteiger partial charge in [0.2, 0.25) is 5.95 Å². The number of carbonyl (C=O) groups excluding carboxylic acids is 1. The summed E-state index contributed by atoms with van der Waals surface area (Å²) in [5.41, 5.74) is 2.24. The van der Waals surface area contributed by atoms with Crippen LogP contribution in [0.4, 0.5) is 23.1 Å². The number of hydrogen-bond acceptors (Lipinski definition) is 6. The van der Waals surface area contributed by atoms with Crippen molar-refractivity contribution in [3.05, 3.63) is 72.4 Å². The molecule has 0 aliphatic rings. The largest absolute Gasteiger partial charge is 0.465 e. The highest BCUT2D eigenvalue weighted by molar-refractivity contribution is 5.90. The number of methoxy groups -OCH3 is 1. The second-order valence-corrected chi connectivity index (χ2v) is 5.52. The van der Waals surface area contributed by atoms with Gasteiger partial charge in [-0.2, -0.15) is 4.98 Å². The fraction of sp³-hybridized carbons (Fsp3) is 0.150. The molecule has 6 heteroatoms. The monoisotopic (exact) mass is 348 g/mol. The van der Waals surface area contributed by atoms with Crippen molar-refractivity contribution in [2.45, 2.75) is 6.92 Å². The van der Waals surface area contributed by atoms with Crippen LogP contribution >= 0.6 is 0 Å². The van der Waals surface area contributed by atoms with Gasteiger partial charge in [0.15, 0.2) is 0 Å². The van der Waals surface area contributed by atoms with E-state index in [1.54, 1.807) is 24.4 Å². The Labute approximate surface area is 152 Å². The Morgan fingerprint density at radius 2 is 1.92 bits per heavy atom. The van der Waals surface area contributed by atoms with Gasteiger partial charge in [0.1, 0.15) is 5.82 Å². The van der Waals surface area contributed by atoms with Gasteiger partial charge >= 0.3 is 5.97 Å². The fourth-order valence-corrected chi connectivity index (χ4v) is 2.62. The summed E-state index contributed by atoms with van der Waals surface area (Å²) < 4.78 is 4.75. The molecule has 0 spiro atoms. The van der Waals surface area contributed by atoms with Crippen LogP contribution in [0.1, 0.15) is 17.3 Å². The van der Waals surface area contributed by atoms with Gasteiger partial charge in [-0.05, 0) is 43.3 Å². The topological polar surface area (TPSA) is 67.4 Å². The third-order valence-electron chi connectivity index (χ3n) is 3.84. The number of para-hydroxylation sites is 1. The van der Waals surface area contributed by atoms with Gasteiger partial charge < -0.3 is 15.0 Å². The van der Waals surface area contributed by atoms with Crippen LogP contribution in [0.5, 0.6) is 0 Å². The molecule has 0 fully saturated rings. The Morgan fingerprint density at radius 3 is 2.65 bits per heavy atom. The van der Waals surface area contributed by atoms with Crippen LogP contribution < -0.4 is 10.2 Å². The Morgan fingerprint density at radius 1 is 1.12 bits per heavy atom. The number of anilines is 4. The van der Waals surface area contributed by atoms with E-state index in [1.807, 2.05) is 42.5 Å². The molecule has 0 atom stereocenters. The van der Waals surface area contributed by atoms with Crippen LogP contribution in [0.3, 0.4) is 0 Å². The van der Waals surface area contributed by atoms with Gasteiger partial charge in [-0.1, -0.05) is 24.3 Å². The average Bonchev–Trinajstić information content (AvgIpc) is 2.69. The zero-order chi connectivity index (χ0) is 18.4. The number of benzene rings is 2. The summed E-state index contributed by atoms with van der Waals surface area (Å²) in [6.45, 7) is 2.85. The van der Waals surface area contributed by atoms with Gasteiger partial charge in [-0.25, -0.2) is 9.78 Å². The molecule has 0 bridgehead atoms. The van der Waals surface area contributed by atoms with Gasteiger partial charge in [0.05, 0.1) is 12.7 Å². The summed E-state index contributed by atoms with van der Waals surface area (Å²) in [6, 6.07) is 19.0. The Kier molecular flexibility index (Phi) is 5.43. The summed E-state index contributed by atoms with van der Waals surface area (Å²) in [4.78, 5) is 22.6. The third-order valence-corrected chi connectivity index (χ3v) is 3.84. The van der Waals surface area contributed by atoms with Gasteiger partial charge in [0.25, 0.3) is 0 Å². The molecule has 26 heavy (non-hydrogen) atoms. The lowest BCUT2D eigenvalue weighted by Gasteiger charge is -2.22. The highest BCUT2D eigenvalue weighted by Crippen LogP contribution is 2.24. The Bertz CT molecular complexity index is 884. The van der Waals surface area contributed by atoms with Crippen LogP contribution in [-0.2, 0) is 4.74 Å². The molecule has 0 saturated carbocycles. The van der Waals surface area contributed by atoms with Crippen LogP contribution in [0.15, 0.2) is 66.9 Å². The minimum Gasteiger partial charge on any atom is -0.465 e. The number of aromatic nitrogens is 2. The lowest BCUT2D eigenvalue weighted by atomic mass is 10.2. The second-order valence-electron chi connectivity index (χ2n) is 5.52. The van der Waals surface area contributed by atoms with Gasteiger partial charge in [0, 0.05) is 24.1 Å². The molecule has 1 aromatic heterocycles. The fourth-order valence-electron chi connectivity index (χ4n) is 2.62. The van der Waals surface area contributed by atoms with Crippen molar-refractivity contribution in [2.24, 2.45) is 0 Å². The van der Waals surface area contributed by atoms with E-state index < -0.39 is 0 Å². The predicted octanol–water partition coefficient (Wildman–Crippen LogP) is 4.16. The predicted molar refractivity (Wildman–Crippen MR) is 102 cm³/mol. The first kappa shape index (κ1) is 17.4. The molecule has 6 nitrogen and oxygen atoms in total. The summed E-state index contributed by atoms with van der Waals surface area (Å²) in [5, 5.41) is 3.14. The van der Waals surface area contributed by atoms with Crippen molar-refractivity contribution in [3.63, 3.8) is 0 Å². The molecule has 132 valence electrons. The van der Waals surface area contributed by atoms with Crippen molar-refractivity contribution < 1.29 is 9.53 Å². The molecule has 0 aliphatic heterocycles. The van der Waals surface area contributed by atoms with E-state index in [2.05, 4.69) is 27.1 Å². The van der Waals surface area contributed by atoms with Crippen molar-refractivity contribution in [1.29, 1.82) is 0 Å². The second kappa shape index (κ2) is 8.11. The maximum atomic E-state index is 11.7.